The highest BCUT2D eigenvalue weighted by atomic mass is 16.5. The predicted molar refractivity (Wildman–Crippen MR) is 78.6 cm³/mol. The van der Waals surface area contributed by atoms with E-state index in [2.05, 4.69) is 11.9 Å². The molecule has 1 saturated heterocycles. The van der Waals surface area contributed by atoms with E-state index in [-0.39, 0.29) is 11.8 Å². The third kappa shape index (κ3) is 2.18. The number of ether oxygens (including phenoxy) is 1. The molecule has 0 radical (unpaired) electrons. The van der Waals surface area contributed by atoms with Gasteiger partial charge in [-0.25, -0.2) is 4.98 Å². The normalized spacial score (nSPS) is 18.8. The second-order valence-electron chi connectivity index (χ2n) is 5.20. The fourth-order valence-corrected chi connectivity index (χ4v) is 2.72. The van der Waals surface area contributed by atoms with Gasteiger partial charge in [-0.2, -0.15) is 0 Å². The fourth-order valence-electron chi connectivity index (χ4n) is 2.72. The molecule has 0 saturated carbocycles. The molecule has 3 rings (SSSR count). The van der Waals surface area contributed by atoms with Crippen LogP contribution in [0.1, 0.15) is 38.2 Å². The van der Waals surface area contributed by atoms with Crippen LogP contribution in [0.25, 0.3) is 10.9 Å². The maximum atomic E-state index is 12.8. The van der Waals surface area contributed by atoms with Crippen molar-refractivity contribution in [2.24, 2.45) is 0 Å². The second kappa shape index (κ2) is 5.25. The van der Waals surface area contributed by atoms with E-state index in [1.165, 1.54) is 0 Å². The Kier molecular flexibility index (Phi) is 3.44. The molecule has 2 aromatic rings. The van der Waals surface area contributed by atoms with Crippen LogP contribution in [0.4, 0.5) is 5.69 Å². The number of nitrogen functional groups attached to an aromatic ring is 1. The molecule has 2 N–H and O–H groups in total. The smallest absolute Gasteiger partial charge is 0.263 e. The Bertz CT molecular complexity index is 687. The van der Waals surface area contributed by atoms with Crippen LogP contribution in [0.3, 0.4) is 0 Å². The van der Waals surface area contributed by atoms with Gasteiger partial charge in [-0.3, -0.25) is 9.36 Å². The summed E-state index contributed by atoms with van der Waals surface area (Å²) in [5.74, 6) is 0.807. The van der Waals surface area contributed by atoms with E-state index in [9.17, 15) is 4.79 Å². The molecule has 2 heterocycles. The van der Waals surface area contributed by atoms with Gasteiger partial charge in [-0.15, -0.1) is 0 Å². The minimum absolute atomic E-state index is 0.0438. The minimum atomic E-state index is -0.178. The van der Waals surface area contributed by atoms with Crippen LogP contribution in [-0.4, -0.2) is 16.2 Å². The molecule has 1 aliphatic heterocycles. The van der Waals surface area contributed by atoms with E-state index < -0.39 is 0 Å². The highest BCUT2D eigenvalue weighted by Crippen LogP contribution is 2.24. The molecule has 0 bridgehead atoms. The van der Waals surface area contributed by atoms with Gasteiger partial charge in [0, 0.05) is 18.7 Å². The van der Waals surface area contributed by atoms with E-state index in [0.717, 1.165) is 31.5 Å². The second-order valence-corrected chi connectivity index (χ2v) is 5.20. The molecule has 106 valence electrons. The van der Waals surface area contributed by atoms with Gasteiger partial charge in [-0.05, 0) is 37.5 Å². The lowest BCUT2D eigenvalue weighted by molar-refractivity contribution is 0.0509. The first kappa shape index (κ1) is 13.1. The SMILES string of the molecule is CCCc1nc2ccc(N)cc2c(=O)n1C1CCCO1. The molecule has 5 heteroatoms. The summed E-state index contributed by atoms with van der Waals surface area (Å²) in [6, 6.07) is 5.29. The topological polar surface area (TPSA) is 70.1 Å². The quantitative estimate of drug-likeness (QED) is 0.871. The monoisotopic (exact) mass is 273 g/mol. The summed E-state index contributed by atoms with van der Waals surface area (Å²) >= 11 is 0. The number of hydrogen-bond acceptors (Lipinski definition) is 4. The van der Waals surface area contributed by atoms with E-state index in [4.69, 9.17) is 10.5 Å². The van der Waals surface area contributed by atoms with Crippen molar-refractivity contribution in [2.75, 3.05) is 12.3 Å². The first-order chi connectivity index (χ1) is 9.70. The maximum absolute atomic E-state index is 12.8. The highest BCUT2D eigenvalue weighted by Gasteiger charge is 2.23. The van der Waals surface area contributed by atoms with Gasteiger partial charge >= 0.3 is 0 Å². The Labute approximate surface area is 117 Å². The average molecular weight is 273 g/mol. The van der Waals surface area contributed by atoms with Gasteiger partial charge in [0.05, 0.1) is 10.9 Å². The molecule has 1 unspecified atom stereocenters. The van der Waals surface area contributed by atoms with Crippen molar-refractivity contribution in [3.63, 3.8) is 0 Å². The van der Waals surface area contributed by atoms with Crippen LogP contribution in [0.15, 0.2) is 23.0 Å². The lowest BCUT2D eigenvalue weighted by Crippen LogP contribution is -2.29. The van der Waals surface area contributed by atoms with Crippen molar-refractivity contribution in [1.29, 1.82) is 0 Å². The number of anilines is 1. The molecule has 1 aromatic heterocycles. The lowest BCUT2D eigenvalue weighted by Gasteiger charge is -2.18. The van der Waals surface area contributed by atoms with Gasteiger partial charge in [0.2, 0.25) is 0 Å². The summed E-state index contributed by atoms with van der Waals surface area (Å²) in [6.45, 7) is 2.79. The Morgan fingerprint density at radius 2 is 2.35 bits per heavy atom. The van der Waals surface area contributed by atoms with Crippen molar-refractivity contribution in [1.82, 2.24) is 9.55 Å². The molecule has 0 aliphatic carbocycles. The summed E-state index contributed by atoms with van der Waals surface area (Å²) in [6.07, 6.45) is 3.39. The van der Waals surface area contributed by atoms with E-state index in [0.29, 0.717) is 23.2 Å². The Hall–Kier alpha value is -1.88. The number of fused-ring (bicyclic) bond motifs is 1. The van der Waals surface area contributed by atoms with Gasteiger partial charge in [-0.1, -0.05) is 6.92 Å². The first-order valence-electron chi connectivity index (χ1n) is 7.13. The van der Waals surface area contributed by atoms with Gasteiger partial charge in [0.15, 0.2) is 0 Å². The van der Waals surface area contributed by atoms with Crippen molar-refractivity contribution in [3.8, 4) is 0 Å². The molecular weight excluding hydrogens is 254 g/mol. The number of nitrogens with two attached hydrogens (primary N) is 1. The van der Waals surface area contributed by atoms with Crippen molar-refractivity contribution in [2.45, 2.75) is 38.8 Å². The van der Waals surface area contributed by atoms with Crippen LogP contribution >= 0.6 is 0 Å². The number of rotatable bonds is 3. The zero-order chi connectivity index (χ0) is 14.1. The third-order valence-electron chi connectivity index (χ3n) is 3.66. The van der Waals surface area contributed by atoms with Gasteiger partial charge < -0.3 is 10.5 Å². The van der Waals surface area contributed by atoms with Crippen molar-refractivity contribution < 1.29 is 4.74 Å². The number of aromatic nitrogens is 2. The molecule has 5 nitrogen and oxygen atoms in total. The molecule has 0 amide bonds. The number of nitrogens with zero attached hydrogens (tertiary/aromatic N) is 2. The molecular formula is C15H19N3O2. The largest absolute Gasteiger partial charge is 0.399 e. The summed E-state index contributed by atoms with van der Waals surface area (Å²) < 4.78 is 7.40. The average Bonchev–Trinajstić information content (AvgIpc) is 2.94. The fraction of sp³-hybridized carbons (Fsp3) is 0.467. The standard InChI is InChI=1S/C15H19N3O2/c1-2-4-13-17-12-7-6-10(16)9-11(12)15(19)18(13)14-5-3-8-20-14/h6-7,9,14H,2-5,8,16H2,1H3. The number of benzene rings is 1. The van der Waals surface area contributed by atoms with Crippen LogP contribution in [0.5, 0.6) is 0 Å². The molecule has 1 atom stereocenters. The summed E-state index contributed by atoms with van der Waals surface area (Å²) in [7, 11) is 0. The van der Waals surface area contributed by atoms with Gasteiger partial charge in [0.1, 0.15) is 12.1 Å². The first-order valence-corrected chi connectivity index (χ1v) is 7.13. The molecule has 1 aliphatic rings. The summed E-state index contributed by atoms with van der Waals surface area (Å²) in [4.78, 5) is 17.4. The zero-order valence-corrected chi connectivity index (χ0v) is 11.6. The Morgan fingerprint density at radius 3 is 3.05 bits per heavy atom. The Morgan fingerprint density at radius 1 is 1.50 bits per heavy atom. The number of aryl methyl sites for hydroxylation is 1. The lowest BCUT2D eigenvalue weighted by atomic mass is 10.2. The Balaban J connectivity index is 2.25. The highest BCUT2D eigenvalue weighted by molar-refractivity contribution is 5.81. The van der Waals surface area contributed by atoms with E-state index >= 15 is 0 Å². The van der Waals surface area contributed by atoms with Crippen molar-refractivity contribution in [3.05, 3.63) is 34.4 Å². The van der Waals surface area contributed by atoms with Crippen LogP contribution in [0.2, 0.25) is 0 Å². The summed E-state index contributed by atoms with van der Waals surface area (Å²) in [5, 5.41) is 0.570. The third-order valence-corrected chi connectivity index (χ3v) is 3.66. The zero-order valence-electron chi connectivity index (χ0n) is 11.6. The molecule has 20 heavy (non-hydrogen) atoms. The van der Waals surface area contributed by atoms with E-state index in [1.54, 1.807) is 16.7 Å². The maximum Gasteiger partial charge on any atom is 0.263 e. The number of hydrogen-bond donors (Lipinski definition) is 1. The van der Waals surface area contributed by atoms with Crippen LogP contribution < -0.4 is 11.3 Å². The summed E-state index contributed by atoms with van der Waals surface area (Å²) in [5.41, 5.74) is 7.03. The predicted octanol–water partition coefficient (Wildman–Crippen LogP) is 2.24. The minimum Gasteiger partial charge on any atom is -0.399 e. The molecule has 0 spiro atoms. The van der Waals surface area contributed by atoms with Gasteiger partial charge in [0.25, 0.3) is 5.56 Å². The van der Waals surface area contributed by atoms with Crippen molar-refractivity contribution >= 4 is 16.6 Å². The van der Waals surface area contributed by atoms with E-state index in [1.807, 2.05) is 6.07 Å². The molecule has 1 fully saturated rings. The van der Waals surface area contributed by atoms with Crippen LogP contribution in [0, 0.1) is 0 Å². The molecule has 1 aromatic carbocycles. The van der Waals surface area contributed by atoms with Crippen LogP contribution in [-0.2, 0) is 11.2 Å².